The number of nitrogen functional groups attached to an aromatic ring is 1. The van der Waals surface area contributed by atoms with E-state index in [1.807, 2.05) is 25.1 Å². The van der Waals surface area contributed by atoms with Crippen molar-refractivity contribution in [2.24, 2.45) is 0 Å². The van der Waals surface area contributed by atoms with E-state index in [0.29, 0.717) is 5.69 Å². The molecule has 1 fully saturated rings. The van der Waals surface area contributed by atoms with Gasteiger partial charge >= 0.3 is 5.97 Å². The van der Waals surface area contributed by atoms with Crippen LogP contribution >= 0.6 is 0 Å². The Labute approximate surface area is 102 Å². The summed E-state index contributed by atoms with van der Waals surface area (Å²) in [5.74, 6) is -0.708. The monoisotopic (exact) mass is 233 g/mol. The lowest BCUT2D eigenvalue weighted by Gasteiger charge is -2.34. The number of carbonyl (C=O) groups is 1. The van der Waals surface area contributed by atoms with E-state index in [4.69, 9.17) is 5.73 Å². The Morgan fingerprint density at radius 3 is 2.47 bits per heavy atom. The first-order valence-corrected chi connectivity index (χ1v) is 6.16. The van der Waals surface area contributed by atoms with Gasteiger partial charge in [0, 0.05) is 5.69 Å². The van der Waals surface area contributed by atoms with Gasteiger partial charge in [0.1, 0.15) is 0 Å². The topological polar surface area (TPSA) is 63.3 Å². The third-order valence-electron chi connectivity index (χ3n) is 3.95. The second-order valence-electron chi connectivity index (χ2n) is 5.02. The van der Waals surface area contributed by atoms with Crippen LogP contribution in [0, 0.1) is 6.92 Å². The smallest absolute Gasteiger partial charge is 0.314 e. The second-order valence-corrected chi connectivity index (χ2v) is 5.02. The number of hydrogen-bond acceptors (Lipinski definition) is 2. The predicted octanol–water partition coefficient (Wildman–Crippen LogP) is 2.86. The molecular formula is C14H19NO2. The normalized spacial score (nSPS) is 18.9. The van der Waals surface area contributed by atoms with Gasteiger partial charge in [-0.15, -0.1) is 0 Å². The van der Waals surface area contributed by atoms with Crippen LogP contribution in [-0.4, -0.2) is 11.1 Å². The number of nitrogens with two attached hydrogens (primary N) is 1. The molecule has 0 saturated heterocycles. The standard InChI is InChI=1S/C14H19NO2/c1-10-5-6-11(9-12(10)15)14(13(16)17)7-3-2-4-8-14/h5-6,9H,2-4,7-8,15H2,1H3,(H,16,17). The molecule has 3 N–H and O–H groups in total. The second kappa shape index (κ2) is 4.40. The van der Waals surface area contributed by atoms with Gasteiger partial charge in [0.25, 0.3) is 0 Å². The third kappa shape index (κ3) is 2.02. The molecule has 1 aromatic rings. The van der Waals surface area contributed by atoms with Crippen LogP contribution in [0.15, 0.2) is 18.2 Å². The van der Waals surface area contributed by atoms with E-state index in [1.54, 1.807) is 0 Å². The molecule has 2 rings (SSSR count). The minimum atomic E-state index is -0.708. The van der Waals surface area contributed by atoms with E-state index in [9.17, 15) is 9.90 Å². The van der Waals surface area contributed by atoms with Crippen LogP contribution in [0.5, 0.6) is 0 Å². The molecule has 0 aliphatic heterocycles. The Balaban J connectivity index is 2.45. The Bertz CT molecular complexity index is 434. The van der Waals surface area contributed by atoms with E-state index in [-0.39, 0.29) is 0 Å². The first-order valence-electron chi connectivity index (χ1n) is 6.16. The van der Waals surface area contributed by atoms with Crippen LogP contribution in [0.4, 0.5) is 5.69 Å². The van der Waals surface area contributed by atoms with Gasteiger partial charge in [-0.1, -0.05) is 31.4 Å². The number of aryl methyl sites for hydroxylation is 1. The SMILES string of the molecule is Cc1ccc(C2(C(=O)O)CCCCC2)cc1N. The number of aliphatic carboxylic acids is 1. The molecule has 92 valence electrons. The Hall–Kier alpha value is -1.51. The quantitative estimate of drug-likeness (QED) is 0.772. The molecular weight excluding hydrogens is 214 g/mol. The molecule has 3 nitrogen and oxygen atoms in total. The van der Waals surface area contributed by atoms with E-state index >= 15 is 0 Å². The summed E-state index contributed by atoms with van der Waals surface area (Å²) >= 11 is 0. The number of benzene rings is 1. The highest BCUT2D eigenvalue weighted by Crippen LogP contribution is 2.40. The zero-order chi connectivity index (χ0) is 12.5. The van der Waals surface area contributed by atoms with Crippen LogP contribution in [-0.2, 0) is 10.2 Å². The maximum Gasteiger partial charge on any atom is 0.314 e. The Morgan fingerprint density at radius 2 is 1.94 bits per heavy atom. The summed E-state index contributed by atoms with van der Waals surface area (Å²) in [5, 5.41) is 9.56. The number of hydrogen-bond donors (Lipinski definition) is 2. The van der Waals surface area contributed by atoms with Crippen molar-refractivity contribution in [2.75, 3.05) is 5.73 Å². The zero-order valence-corrected chi connectivity index (χ0v) is 10.2. The largest absolute Gasteiger partial charge is 0.481 e. The molecule has 17 heavy (non-hydrogen) atoms. The minimum absolute atomic E-state index is 0.689. The van der Waals surface area contributed by atoms with Crippen molar-refractivity contribution in [2.45, 2.75) is 44.4 Å². The number of carboxylic acids is 1. The molecule has 0 unspecified atom stereocenters. The lowest BCUT2D eigenvalue weighted by molar-refractivity contribution is -0.145. The Morgan fingerprint density at radius 1 is 1.29 bits per heavy atom. The van der Waals surface area contributed by atoms with Crippen molar-refractivity contribution >= 4 is 11.7 Å². The van der Waals surface area contributed by atoms with Gasteiger partial charge in [0.05, 0.1) is 5.41 Å². The molecule has 0 atom stereocenters. The van der Waals surface area contributed by atoms with Crippen molar-refractivity contribution < 1.29 is 9.90 Å². The van der Waals surface area contributed by atoms with Crippen molar-refractivity contribution in [3.8, 4) is 0 Å². The Kier molecular flexibility index (Phi) is 3.09. The molecule has 0 heterocycles. The van der Waals surface area contributed by atoms with Gasteiger partial charge < -0.3 is 10.8 Å². The average molecular weight is 233 g/mol. The first-order chi connectivity index (χ1) is 8.06. The van der Waals surface area contributed by atoms with E-state index in [2.05, 4.69) is 0 Å². The number of anilines is 1. The van der Waals surface area contributed by atoms with E-state index < -0.39 is 11.4 Å². The number of carboxylic acid groups (broad SMARTS) is 1. The molecule has 1 aliphatic rings. The number of rotatable bonds is 2. The minimum Gasteiger partial charge on any atom is -0.481 e. The van der Waals surface area contributed by atoms with Crippen molar-refractivity contribution in [1.29, 1.82) is 0 Å². The van der Waals surface area contributed by atoms with Crippen LogP contribution in [0.3, 0.4) is 0 Å². The van der Waals surface area contributed by atoms with Gasteiger partial charge in [0.15, 0.2) is 0 Å². The highest BCUT2D eigenvalue weighted by atomic mass is 16.4. The summed E-state index contributed by atoms with van der Waals surface area (Å²) in [6, 6.07) is 5.68. The van der Waals surface area contributed by atoms with Gasteiger partial charge in [-0.25, -0.2) is 0 Å². The molecule has 1 saturated carbocycles. The van der Waals surface area contributed by atoms with Crippen LogP contribution in [0.25, 0.3) is 0 Å². The maximum absolute atomic E-state index is 11.6. The summed E-state index contributed by atoms with van der Waals surface area (Å²) in [5.41, 5.74) is 7.75. The van der Waals surface area contributed by atoms with E-state index in [0.717, 1.165) is 43.2 Å². The van der Waals surface area contributed by atoms with Gasteiger partial charge in [-0.2, -0.15) is 0 Å². The van der Waals surface area contributed by atoms with Crippen LogP contribution in [0.1, 0.15) is 43.2 Å². The summed E-state index contributed by atoms with van der Waals surface area (Å²) in [4.78, 5) is 11.6. The maximum atomic E-state index is 11.6. The molecule has 3 heteroatoms. The molecule has 0 amide bonds. The van der Waals surface area contributed by atoms with Crippen molar-refractivity contribution in [1.82, 2.24) is 0 Å². The first kappa shape index (κ1) is 12.0. The summed E-state index contributed by atoms with van der Waals surface area (Å²) in [6.07, 6.45) is 4.56. The fourth-order valence-corrected chi connectivity index (χ4v) is 2.72. The van der Waals surface area contributed by atoms with Gasteiger partial charge in [-0.05, 0) is 37.0 Å². The molecule has 0 aromatic heterocycles. The van der Waals surface area contributed by atoms with Crippen LogP contribution < -0.4 is 5.73 Å². The average Bonchev–Trinajstić information content (AvgIpc) is 2.33. The fourth-order valence-electron chi connectivity index (χ4n) is 2.72. The molecule has 1 aromatic carbocycles. The predicted molar refractivity (Wildman–Crippen MR) is 68.0 cm³/mol. The van der Waals surface area contributed by atoms with E-state index in [1.165, 1.54) is 0 Å². The molecule has 0 bridgehead atoms. The summed E-state index contributed by atoms with van der Waals surface area (Å²) < 4.78 is 0. The van der Waals surface area contributed by atoms with Gasteiger partial charge in [0.2, 0.25) is 0 Å². The highest BCUT2D eigenvalue weighted by molar-refractivity contribution is 5.82. The summed E-state index contributed by atoms with van der Waals surface area (Å²) in [6.45, 7) is 1.94. The lowest BCUT2D eigenvalue weighted by atomic mass is 9.69. The fraction of sp³-hybridized carbons (Fsp3) is 0.500. The molecule has 0 spiro atoms. The zero-order valence-electron chi connectivity index (χ0n) is 10.2. The third-order valence-corrected chi connectivity index (χ3v) is 3.95. The van der Waals surface area contributed by atoms with Crippen LogP contribution in [0.2, 0.25) is 0 Å². The summed E-state index contributed by atoms with van der Waals surface area (Å²) in [7, 11) is 0. The van der Waals surface area contributed by atoms with Crippen molar-refractivity contribution in [3.05, 3.63) is 29.3 Å². The molecule has 0 radical (unpaired) electrons. The molecule has 1 aliphatic carbocycles. The highest BCUT2D eigenvalue weighted by Gasteiger charge is 2.41. The lowest BCUT2D eigenvalue weighted by Crippen LogP contribution is -2.37. The van der Waals surface area contributed by atoms with Crippen molar-refractivity contribution in [3.63, 3.8) is 0 Å². The van der Waals surface area contributed by atoms with Gasteiger partial charge in [-0.3, -0.25) is 4.79 Å².